The summed E-state index contributed by atoms with van der Waals surface area (Å²) < 4.78 is 5.45. The number of carbonyl (C=O) groups is 1. The molecule has 0 spiro atoms. The van der Waals surface area contributed by atoms with Crippen LogP contribution in [0.4, 0.5) is 0 Å². The molecule has 1 aromatic rings. The van der Waals surface area contributed by atoms with E-state index in [0.29, 0.717) is 13.0 Å². The van der Waals surface area contributed by atoms with Gasteiger partial charge in [0.15, 0.2) is 0 Å². The van der Waals surface area contributed by atoms with Crippen LogP contribution in [0.3, 0.4) is 0 Å². The van der Waals surface area contributed by atoms with Crippen molar-refractivity contribution < 1.29 is 14.6 Å². The Morgan fingerprint density at radius 3 is 2.73 bits per heavy atom. The molecular weight excluding hydrogens is 192 g/mol. The van der Waals surface area contributed by atoms with Gasteiger partial charge in [-0.05, 0) is 38.3 Å². The lowest BCUT2D eigenvalue weighted by Crippen LogP contribution is -2.22. The van der Waals surface area contributed by atoms with Crippen LogP contribution < -0.4 is 9.84 Å². The summed E-state index contributed by atoms with van der Waals surface area (Å²) >= 11 is 0. The first-order valence-electron chi connectivity index (χ1n) is 4.99. The van der Waals surface area contributed by atoms with Crippen LogP contribution in [0.1, 0.15) is 24.0 Å². The van der Waals surface area contributed by atoms with Crippen LogP contribution in [0.25, 0.3) is 0 Å². The number of carboxylic acids is 1. The van der Waals surface area contributed by atoms with Crippen molar-refractivity contribution in [3.8, 4) is 5.75 Å². The molecule has 0 fully saturated rings. The first-order chi connectivity index (χ1) is 7.09. The van der Waals surface area contributed by atoms with Crippen LogP contribution in [0, 0.1) is 13.8 Å². The molecule has 0 N–H and O–H groups in total. The smallest absolute Gasteiger partial charge is 0.122 e. The van der Waals surface area contributed by atoms with Crippen LogP contribution >= 0.6 is 0 Å². The average molecular weight is 207 g/mol. The number of hydrogen-bond acceptors (Lipinski definition) is 3. The Balaban J connectivity index is 2.40. The Labute approximate surface area is 89.7 Å². The molecule has 0 heterocycles. The van der Waals surface area contributed by atoms with Gasteiger partial charge in [-0.3, -0.25) is 0 Å². The molecule has 0 radical (unpaired) electrons. The lowest BCUT2D eigenvalue weighted by Gasteiger charge is -2.09. The summed E-state index contributed by atoms with van der Waals surface area (Å²) in [6.45, 7) is 4.41. The quantitative estimate of drug-likeness (QED) is 0.682. The Morgan fingerprint density at radius 2 is 2.13 bits per heavy atom. The van der Waals surface area contributed by atoms with Crippen LogP contribution in [-0.4, -0.2) is 12.6 Å². The van der Waals surface area contributed by atoms with Crippen LogP contribution in [0.5, 0.6) is 5.75 Å². The van der Waals surface area contributed by atoms with Gasteiger partial charge in [-0.1, -0.05) is 17.7 Å². The van der Waals surface area contributed by atoms with Gasteiger partial charge in [-0.25, -0.2) is 0 Å². The second-order valence-corrected chi connectivity index (χ2v) is 3.59. The standard InChI is InChI=1S/C12H16O3/c1-9-5-6-11(10(2)8-9)15-7-3-4-12(13)14/h5-6,8H,3-4,7H2,1-2H3,(H,13,14)/p-1. The van der Waals surface area contributed by atoms with E-state index < -0.39 is 5.97 Å². The van der Waals surface area contributed by atoms with Gasteiger partial charge in [-0.15, -0.1) is 0 Å². The zero-order valence-corrected chi connectivity index (χ0v) is 9.08. The number of aliphatic carboxylic acids is 1. The second kappa shape index (κ2) is 5.39. The van der Waals surface area contributed by atoms with Gasteiger partial charge in [0.1, 0.15) is 5.75 Å². The summed E-state index contributed by atoms with van der Waals surface area (Å²) in [7, 11) is 0. The van der Waals surface area contributed by atoms with E-state index in [1.165, 1.54) is 5.56 Å². The fourth-order valence-electron chi connectivity index (χ4n) is 1.36. The number of hydrogen-bond donors (Lipinski definition) is 0. The summed E-state index contributed by atoms with van der Waals surface area (Å²) in [4.78, 5) is 10.2. The van der Waals surface area contributed by atoms with Gasteiger partial charge >= 0.3 is 0 Å². The van der Waals surface area contributed by atoms with Gasteiger partial charge in [0.2, 0.25) is 0 Å². The molecule has 3 nitrogen and oxygen atoms in total. The summed E-state index contributed by atoms with van der Waals surface area (Å²) in [6.07, 6.45) is 0.528. The van der Waals surface area contributed by atoms with E-state index in [1.54, 1.807) is 0 Å². The Hall–Kier alpha value is -1.51. The first-order valence-corrected chi connectivity index (χ1v) is 4.99. The number of aryl methyl sites for hydroxylation is 2. The molecule has 1 rings (SSSR count). The van der Waals surface area contributed by atoms with Crippen molar-refractivity contribution >= 4 is 5.97 Å². The third kappa shape index (κ3) is 4.02. The summed E-state index contributed by atoms with van der Waals surface area (Å²) in [5, 5.41) is 10.2. The van der Waals surface area contributed by atoms with Gasteiger partial charge in [0, 0.05) is 5.97 Å². The normalized spacial score (nSPS) is 10.0. The Morgan fingerprint density at radius 1 is 1.40 bits per heavy atom. The summed E-state index contributed by atoms with van der Waals surface area (Å²) in [5.74, 6) is -0.210. The molecule has 0 atom stereocenters. The second-order valence-electron chi connectivity index (χ2n) is 3.59. The van der Waals surface area contributed by atoms with Gasteiger partial charge in [0.25, 0.3) is 0 Å². The molecule has 0 bridgehead atoms. The van der Waals surface area contributed by atoms with E-state index in [2.05, 4.69) is 0 Å². The van der Waals surface area contributed by atoms with Crippen molar-refractivity contribution in [2.45, 2.75) is 26.7 Å². The Bertz CT molecular complexity index is 345. The minimum absolute atomic E-state index is 0.0465. The first kappa shape index (κ1) is 11.6. The molecule has 0 unspecified atom stereocenters. The van der Waals surface area contributed by atoms with E-state index in [1.807, 2.05) is 32.0 Å². The average Bonchev–Trinajstić information content (AvgIpc) is 2.14. The topological polar surface area (TPSA) is 49.4 Å². The molecule has 15 heavy (non-hydrogen) atoms. The predicted octanol–water partition coefficient (Wildman–Crippen LogP) is 1.21. The third-order valence-corrected chi connectivity index (χ3v) is 2.11. The van der Waals surface area contributed by atoms with Crippen LogP contribution in [0.15, 0.2) is 18.2 Å². The lowest BCUT2D eigenvalue weighted by atomic mass is 10.1. The molecule has 0 aromatic heterocycles. The van der Waals surface area contributed by atoms with Crippen molar-refractivity contribution in [1.82, 2.24) is 0 Å². The maximum atomic E-state index is 10.2. The number of carboxylic acid groups (broad SMARTS) is 1. The Kier molecular flexibility index (Phi) is 4.16. The molecule has 0 saturated heterocycles. The number of ether oxygens (including phenoxy) is 1. The zero-order chi connectivity index (χ0) is 11.3. The highest BCUT2D eigenvalue weighted by molar-refractivity contribution is 5.64. The van der Waals surface area contributed by atoms with E-state index >= 15 is 0 Å². The van der Waals surface area contributed by atoms with Crippen LogP contribution in [-0.2, 0) is 4.79 Å². The van der Waals surface area contributed by atoms with Gasteiger partial charge in [-0.2, -0.15) is 0 Å². The molecular formula is C12H15O3-. The van der Waals surface area contributed by atoms with E-state index in [-0.39, 0.29) is 6.42 Å². The van der Waals surface area contributed by atoms with E-state index in [4.69, 9.17) is 4.74 Å². The molecule has 0 aliphatic rings. The molecule has 0 amide bonds. The lowest BCUT2D eigenvalue weighted by molar-refractivity contribution is -0.305. The van der Waals surface area contributed by atoms with Crippen LogP contribution in [0.2, 0.25) is 0 Å². The highest BCUT2D eigenvalue weighted by Crippen LogP contribution is 2.18. The highest BCUT2D eigenvalue weighted by atomic mass is 16.5. The zero-order valence-electron chi connectivity index (χ0n) is 9.08. The summed E-state index contributed by atoms with van der Waals surface area (Å²) in [6, 6.07) is 5.92. The number of carbonyl (C=O) groups excluding carboxylic acids is 1. The number of rotatable bonds is 5. The number of benzene rings is 1. The minimum atomic E-state index is -1.03. The minimum Gasteiger partial charge on any atom is -0.550 e. The third-order valence-electron chi connectivity index (χ3n) is 2.11. The molecule has 3 heteroatoms. The molecule has 0 saturated carbocycles. The maximum absolute atomic E-state index is 10.2. The van der Waals surface area contributed by atoms with Gasteiger partial charge < -0.3 is 14.6 Å². The van der Waals surface area contributed by atoms with Crippen molar-refractivity contribution in [3.63, 3.8) is 0 Å². The molecule has 0 aliphatic heterocycles. The molecule has 0 aliphatic carbocycles. The monoisotopic (exact) mass is 207 g/mol. The maximum Gasteiger partial charge on any atom is 0.122 e. The fourth-order valence-corrected chi connectivity index (χ4v) is 1.36. The highest BCUT2D eigenvalue weighted by Gasteiger charge is 1.98. The largest absolute Gasteiger partial charge is 0.550 e. The van der Waals surface area contributed by atoms with E-state index in [9.17, 15) is 9.90 Å². The van der Waals surface area contributed by atoms with E-state index in [0.717, 1.165) is 11.3 Å². The van der Waals surface area contributed by atoms with Crippen molar-refractivity contribution in [2.75, 3.05) is 6.61 Å². The fraction of sp³-hybridized carbons (Fsp3) is 0.417. The predicted molar refractivity (Wildman–Crippen MR) is 55.7 cm³/mol. The SMILES string of the molecule is Cc1ccc(OCCCC(=O)[O-])c(C)c1. The molecule has 82 valence electrons. The van der Waals surface area contributed by atoms with Gasteiger partial charge in [0.05, 0.1) is 6.61 Å². The van der Waals surface area contributed by atoms with Crippen molar-refractivity contribution in [3.05, 3.63) is 29.3 Å². The van der Waals surface area contributed by atoms with Crippen molar-refractivity contribution in [1.29, 1.82) is 0 Å². The molecule has 1 aromatic carbocycles. The van der Waals surface area contributed by atoms with Crippen molar-refractivity contribution in [2.24, 2.45) is 0 Å². The summed E-state index contributed by atoms with van der Waals surface area (Å²) in [5.41, 5.74) is 2.26.